The average Bonchev–Trinajstić information content (AvgIpc) is 3.11. The summed E-state index contributed by atoms with van der Waals surface area (Å²) >= 11 is 0. The normalized spacial score (nSPS) is 17.0. The highest BCUT2D eigenvalue weighted by atomic mass is 16.5. The first-order valence-corrected chi connectivity index (χ1v) is 12.1. The predicted octanol–water partition coefficient (Wildman–Crippen LogP) is 4.12. The number of anilines is 1. The number of benzene rings is 2. The van der Waals surface area contributed by atoms with Gasteiger partial charge in [-0.2, -0.15) is 0 Å². The molecule has 2 heterocycles. The van der Waals surface area contributed by atoms with Gasteiger partial charge in [-0.25, -0.2) is 9.48 Å². The first-order chi connectivity index (χ1) is 16.9. The molecule has 1 aromatic heterocycles. The SMILES string of the molecule is COCc1cccc(CNC(=O)Nc2c(C)c(OC3CC4(C3)CN(C)C4)nn2-c2ccccc2)c1. The van der Waals surface area contributed by atoms with Crippen molar-refractivity contribution in [3.05, 3.63) is 71.3 Å². The van der Waals surface area contributed by atoms with Crippen LogP contribution in [0.25, 0.3) is 5.69 Å². The van der Waals surface area contributed by atoms with E-state index in [1.165, 1.54) is 0 Å². The molecule has 1 spiro atoms. The van der Waals surface area contributed by atoms with Crippen molar-refractivity contribution >= 4 is 11.8 Å². The second-order valence-electron chi connectivity index (χ2n) is 9.91. The maximum atomic E-state index is 12.9. The Morgan fingerprint density at radius 3 is 2.57 bits per heavy atom. The summed E-state index contributed by atoms with van der Waals surface area (Å²) < 4.78 is 13.2. The van der Waals surface area contributed by atoms with Crippen molar-refractivity contribution in [1.82, 2.24) is 20.0 Å². The van der Waals surface area contributed by atoms with Crippen LogP contribution >= 0.6 is 0 Å². The van der Waals surface area contributed by atoms with E-state index < -0.39 is 0 Å². The summed E-state index contributed by atoms with van der Waals surface area (Å²) in [6.07, 6.45) is 2.28. The van der Waals surface area contributed by atoms with Gasteiger partial charge in [0.2, 0.25) is 5.88 Å². The maximum absolute atomic E-state index is 12.9. The number of methoxy groups -OCH3 is 1. The fraction of sp³-hybridized carbons (Fsp3) is 0.407. The molecule has 2 aliphatic rings. The number of hydrogen-bond acceptors (Lipinski definition) is 5. The highest BCUT2D eigenvalue weighted by Crippen LogP contribution is 2.49. The number of rotatable bonds is 8. The van der Waals surface area contributed by atoms with E-state index >= 15 is 0 Å². The van der Waals surface area contributed by atoms with Crippen LogP contribution in [0.1, 0.15) is 29.5 Å². The Hall–Kier alpha value is -3.36. The zero-order valence-electron chi connectivity index (χ0n) is 20.6. The van der Waals surface area contributed by atoms with E-state index in [0.29, 0.717) is 30.3 Å². The Kier molecular flexibility index (Phi) is 6.49. The lowest BCUT2D eigenvalue weighted by molar-refractivity contribution is -0.110. The van der Waals surface area contributed by atoms with Gasteiger partial charge >= 0.3 is 6.03 Å². The number of carbonyl (C=O) groups is 1. The van der Waals surface area contributed by atoms with Gasteiger partial charge in [0.05, 0.1) is 17.9 Å². The van der Waals surface area contributed by atoms with E-state index in [4.69, 9.17) is 14.6 Å². The minimum atomic E-state index is -0.297. The molecule has 35 heavy (non-hydrogen) atoms. The first kappa shape index (κ1) is 23.4. The number of aromatic nitrogens is 2. The smallest absolute Gasteiger partial charge is 0.320 e. The lowest BCUT2D eigenvalue weighted by Crippen LogP contribution is -2.63. The van der Waals surface area contributed by atoms with E-state index in [1.807, 2.05) is 61.5 Å². The largest absolute Gasteiger partial charge is 0.473 e. The zero-order chi connectivity index (χ0) is 24.4. The fourth-order valence-electron chi connectivity index (χ4n) is 5.33. The summed E-state index contributed by atoms with van der Waals surface area (Å²) in [7, 11) is 3.83. The first-order valence-electron chi connectivity index (χ1n) is 12.1. The van der Waals surface area contributed by atoms with Crippen LogP contribution in [0.2, 0.25) is 0 Å². The molecule has 8 heteroatoms. The zero-order valence-corrected chi connectivity index (χ0v) is 20.6. The Morgan fingerprint density at radius 2 is 1.86 bits per heavy atom. The second kappa shape index (κ2) is 9.71. The molecule has 0 radical (unpaired) electrons. The van der Waals surface area contributed by atoms with Gasteiger partial charge in [0.25, 0.3) is 0 Å². The van der Waals surface area contributed by atoms with E-state index in [1.54, 1.807) is 11.8 Å². The molecule has 2 fully saturated rings. The van der Waals surface area contributed by atoms with Crippen LogP contribution in [0.15, 0.2) is 54.6 Å². The van der Waals surface area contributed by atoms with Gasteiger partial charge in [0.1, 0.15) is 11.9 Å². The monoisotopic (exact) mass is 475 g/mol. The summed E-state index contributed by atoms with van der Waals surface area (Å²) in [5.41, 5.74) is 4.18. The van der Waals surface area contributed by atoms with E-state index in [0.717, 1.165) is 48.3 Å². The Morgan fingerprint density at radius 1 is 1.11 bits per heavy atom. The third kappa shape index (κ3) is 5.04. The van der Waals surface area contributed by atoms with Gasteiger partial charge in [0.15, 0.2) is 0 Å². The molecular weight excluding hydrogens is 442 g/mol. The number of urea groups is 1. The summed E-state index contributed by atoms with van der Waals surface area (Å²) in [4.78, 5) is 15.2. The second-order valence-corrected chi connectivity index (χ2v) is 9.91. The molecule has 1 aliphatic carbocycles. The van der Waals surface area contributed by atoms with E-state index in [2.05, 4.69) is 22.6 Å². The molecule has 1 saturated heterocycles. The molecule has 5 rings (SSSR count). The van der Waals surface area contributed by atoms with E-state index in [-0.39, 0.29) is 12.1 Å². The average molecular weight is 476 g/mol. The van der Waals surface area contributed by atoms with Crippen LogP contribution in [0.5, 0.6) is 5.88 Å². The third-order valence-corrected chi connectivity index (χ3v) is 6.88. The summed E-state index contributed by atoms with van der Waals surface area (Å²) in [5.74, 6) is 1.18. The van der Waals surface area contributed by atoms with Crippen LogP contribution in [-0.4, -0.2) is 54.1 Å². The molecule has 0 atom stereocenters. The van der Waals surface area contributed by atoms with Crippen molar-refractivity contribution in [2.24, 2.45) is 5.41 Å². The minimum absolute atomic E-state index is 0.169. The number of para-hydroxylation sites is 1. The quantitative estimate of drug-likeness (QED) is 0.512. The van der Waals surface area contributed by atoms with Crippen LogP contribution in [0.3, 0.4) is 0 Å². The number of nitrogens with zero attached hydrogens (tertiary/aromatic N) is 3. The Labute approximate surface area is 206 Å². The third-order valence-electron chi connectivity index (χ3n) is 6.88. The van der Waals surface area contributed by atoms with Gasteiger partial charge in [-0.05, 0) is 50.1 Å². The number of likely N-dealkylation sites (tertiary alicyclic amines) is 1. The molecule has 184 valence electrons. The van der Waals surface area contributed by atoms with Gasteiger partial charge in [0, 0.05) is 32.2 Å². The molecule has 0 bridgehead atoms. The standard InChI is InChI=1S/C27H33N5O3/c1-19-24(29-26(33)28-15-20-8-7-9-21(12-20)16-34-3)32(22-10-5-4-6-11-22)30-25(19)35-23-13-27(14-23)17-31(2)18-27/h4-12,23H,13-18H2,1-3H3,(H2,28,29,33). The molecule has 1 saturated carbocycles. The Bertz CT molecular complexity index is 1180. The molecule has 2 N–H and O–H groups in total. The predicted molar refractivity (Wildman–Crippen MR) is 135 cm³/mol. The van der Waals surface area contributed by atoms with Crippen LogP contribution in [-0.2, 0) is 17.9 Å². The topological polar surface area (TPSA) is 80.7 Å². The van der Waals surface area contributed by atoms with Crippen molar-refractivity contribution < 1.29 is 14.3 Å². The van der Waals surface area contributed by atoms with Crippen LogP contribution in [0.4, 0.5) is 10.6 Å². The van der Waals surface area contributed by atoms with Crippen molar-refractivity contribution in [2.75, 3.05) is 32.6 Å². The number of hydrogen-bond donors (Lipinski definition) is 2. The molecule has 3 aromatic rings. The van der Waals surface area contributed by atoms with Crippen LogP contribution < -0.4 is 15.4 Å². The van der Waals surface area contributed by atoms with Crippen molar-refractivity contribution in [3.8, 4) is 11.6 Å². The van der Waals surface area contributed by atoms with Gasteiger partial charge in [-0.3, -0.25) is 5.32 Å². The summed E-state index contributed by atoms with van der Waals surface area (Å²) in [5, 5.41) is 10.7. The van der Waals surface area contributed by atoms with Crippen molar-refractivity contribution in [2.45, 2.75) is 39.0 Å². The van der Waals surface area contributed by atoms with E-state index in [9.17, 15) is 4.79 Å². The Balaban J connectivity index is 1.28. The number of carbonyl (C=O) groups excluding carboxylic acids is 1. The highest BCUT2D eigenvalue weighted by molar-refractivity contribution is 5.89. The number of nitrogens with one attached hydrogen (secondary N) is 2. The summed E-state index contributed by atoms with van der Waals surface area (Å²) in [6.45, 7) is 5.18. The van der Waals surface area contributed by atoms with Gasteiger partial charge < -0.3 is 19.7 Å². The number of ether oxygens (including phenoxy) is 2. The van der Waals surface area contributed by atoms with Gasteiger partial charge in [-0.1, -0.05) is 42.5 Å². The maximum Gasteiger partial charge on any atom is 0.320 e. The molecule has 1 aliphatic heterocycles. The lowest BCUT2D eigenvalue weighted by atomic mass is 9.62. The number of amides is 2. The van der Waals surface area contributed by atoms with Gasteiger partial charge in [-0.15, -0.1) is 5.10 Å². The molecule has 0 unspecified atom stereocenters. The van der Waals surface area contributed by atoms with Crippen LogP contribution in [0, 0.1) is 12.3 Å². The molecule has 2 amide bonds. The summed E-state index contributed by atoms with van der Waals surface area (Å²) in [6, 6.07) is 17.5. The highest BCUT2D eigenvalue weighted by Gasteiger charge is 2.52. The molecule has 8 nitrogen and oxygen atoms in total. The molecular formula is C27H33N5O3. The fourth-order valence-corrected chi connectivity index (χ4v) is 5.33. The van der Waals surface area contributed by atoms with Crippen molar-refractivity contribution in [3.63, 3.8) is 0 Å². The lowest BCUT2D eigenvalue weighted by Gasteiger charge is -2.57. The van der Waals surface area contributed by atoms with Crippen molar-refractivity contribution in [1.29, 1.82) is 0 Å². The minimum Gasteiger partial charge on any atom is -0.473 e. The molecule has 2 aromatic carbocycles.